The summed E-state index contributed by atoms with van der Waals surface area (Å²) >= 11 is 0. The third-order valence-corrected chi connectivity index (χ3v) is 4.21. The Kier molecular flexibility index (Phi) is 4.37. The second-order valence-electron chi connectivity index (χ2n) is 5.53. The number of benzene rings is 1. The lowest BCUT2D eigenvalue weighted by Crippen LogP contribution is -2.53. The maximum Gasteiger partial charge on any atom is 0.331 e. The molecule has 0 radical (unpaired) electrons. The Hall–Kier alpha value is -2.26. The van der Waals surface area contributed by atoms with Crippen LogP contribution in [0.1, 0.15) is 5.56 Å². The van der Waals surface area contributed by atoms with Gasteiger partial charge in [-0.2, -0.15) is 0 Å². The van der Waals surface area contributed by atoms with Crippen LogP contribution in [-0.2, 0) is 15.2 Å². The van der Waals surface area contributed by atoms with E-state index in [9.17, 15) is 19.8 Å². The number of aromatic amines is 1. The lowest BCUT2D eigenvalue weighted by molar-refractivity contribution is -0.128. The van der Waals surface area contributed by atoms with Gasteiger partial charge in [-0.1, -0.05) is 30.3 Å². The Bertz CT molecular complexity index is 817. The van der Waals surface area contributed by atoms with Crippen molar-refractivity contribution in [1.29, 1.82) is 0 Å². The van der Waals surface area contributed by atoms with Gasteiger partial charge in [0, 0.05) is 24.9 Å². The molecule has 0 spiro atoms. The molecule has 1 saturated heterocycles. The Balaban J connectivity index is 2.30. The van der Waals surface area contributed by atoms with Gasteiger partial charge in [0.05, 0.1) is 6.61 Å². The van der Waals surface area contributed by atoms with Gasteiger partial charge in [-0.25, -0.2) is 4.79 Å². The molecule has 0 saturated carbocycles. The number of nitrogens with zero attached hydrogens (tertiary/aromatic N) is 1. The first-order valence-corrected chi connectivity index (χ1v) is 7.42. The van der Waals surface area contributed by atoms with Gasteiger partial charge in [0.1, 0.15) is 18.3 Å². The minimum atomic E-state index is -1.52. The van der Waals surface area contributed by atoms with Crippen molar-refractivity contribution in [3.63, 3.8) is 0 Å². The molecule has 0 aliphatic carbocycles. The molecule has 4 atom stereocenters. The van der Waals surface area contributed by atoms with Crippen LogP contribution in [0.3, 0.4) is 0 Å². The van der Waals surface area contributed by atoms with Gasteiger partial charge in [-0.15, -0.1) is 0 Å². The summed E-state index contributed by atoms with van der Waals surface area (Å²) < 4.78 is 12.5. The number of H-pyrrole nitrogens is 1. The van der Waals surface area contributed by atoms with Gasteiger partial charge in [-0.05, 0) is 0 Å². The van der Waals surface area contributed by atoms with Gasteiger partial charge in [0.25, 0.3) is 5.56 Å². The first kappa shape index (κ1) is 16.6. The third kappa shape index (κ3) is 2.40. The van der Waals surface area contributed by atoms with E-state index < -0.39 is 41.9 Å². The highest BCUT2D eigenvalue weighted by Crippen LogP contribution is 2.41. The van der Waals surface area contributed by atoms with E-state index in [2.05, 4.69) is 4.98 Å². The first-order chi connectivity index (χ1) is 11.5. The normalized spacial score (nSPS) is 29.7. The largest absolute Gasteiger partial charge is 0.394 e. The van der Waals surface area contributed by atoms with E-state index in [1.807, 2.05) is 0 Å². The summed E-state index contributed by atoms with van der Waals surface area (Å²) in [5.41, 5.74) is -2.24. The Labute approximate surface area is 136 Å². The van der Waals surface area contributed by atoms with Crippen LogP contribution < -0.4 is 11.2 Å². The predicted molar refractivity (Wildman–Crippen MR) is 83.6 cm³/mol. The molecule has 8 heteroatoms. The number of hydrogen-bond donors (Lipinski definition) is 3. The molecule has 2 aromatic rings. The number of hydrogen-bond acceptors (Lipinski definition) is 6. The molecule has 1 aromatic carbocycles. The molecule has 128 valence electrons. The van der Waals surface area contributed by atoms with Gasteiger partial charge in [0.2, 0.25) is 5.72 Å². The minimum absolute atomic E-state index is 0.451. The second kappa shape index (κ2) is 6.33. The van der Waals surface area contributed by atoms with E-state index in [0.29, 0.717) is 5.56 Å². The summed E-state index contributed by atoms with van der Waals surface area (Å²) in [6.45, 7) is -0.451. The molecule has 24 heavy (non-hydrogen) atoms. The monoisotopic (exact) mass is 334 g/mol. The van der Waals surface area contributed by atoms with E-state index in [1.54, 1.807) is 30.3 Å². The summed E-state index contributed by atoms with van der Waals surface area (Å²) in [4.78, 5) is 26.0. The average molecular weight is 334 g/mol. The summed E-state index contributed by atoms with van der Waals surface area (Å²) in [6, 6.07) is 9.92. The fourth-order valence-corrected chi connectivity index (χ4v) is 3.16. The summed E-state index contributed by atoms with van der Waals surface area (Å²) in [5, 5.41) is 20.0. The highest BCUT2D eigenvalue weighted by atomic mass is 16.6. The molecule has 3 rings (SSSR count). The Morgan fingerprint density at radius 1 is 1.29 bits per heavy atom. The maximum absolute atomic E-state index is 12.4. The fraction of sp³-hybridized carbons (Fsp3) is 0.375. The first-order valence-electron chi connectivity index (χ1n) is 7.42. The van der Waals surface area contributed by atoms with E-state index in [1.165, 1.54) is 19.4 Å². The van der Waals surface area contributed by atoms with Crippen molar-refractivity contribution >= 4 is 0 Å². The van der Waals surface area contributed by atoms with Gasteiger partial charge in [0.15, 0.2) is 0 Å². The number of rotatable bonds is 4. The molecule has 2 heterocycles. The zero-order chi connectivity index (χ0) is 17.3. The van der Waals surface area contributed by atoms with Crippen molar-refractivity contribution in [3.8, 4) is 0 Å². The second-order valence-corrected chi connectivity index (χ2v) is 5.53. The van der Waals surface area contributed by atoms with Crippen molar-refractivity contribution in [2.24, 2.45) is 0 Å². The van der Waals surface area contributed by atoms with Crippen LogP contribution in [0.25, 0.3) is 0 Å². The predicted octanol–water partition coefficient (Wildman–Crippen LogP) is -0.995. The molecular weight excluding hydrogens is 316 g/mol. The van der Waals surface area contributed by atoms with Gasteiger partial charge in [-0.3, -0.25) is 14.3 Å². The molecule has 1 aromatic heterocycles. The van der Waals surface area contributed by atoms with Gasteiger partial charge < -0.3 is 19.7 Å². The topological polar surface area (TPSA) is 114 Å². The average Bonchev–Trinajstić information content (AvgIpc) is 2.88. The van der Waals surface area contributed by atoms with Crippen molar-refractivity contribution < 1.29 is 19.7 Å². The number of aromatic nitrogens is 2. The Morgan fingerprint density at radius 3 is 2.58 bits per heavy atom. The molecule has 1 aliphatic rings. The molecule has 8 nitrogen and oxygen atoms in total. The summed E-state index contributed by atoms with van der Waals surface area (Å²) in [7, 11) is 1.38. The van der Waals surface area contributed by atoms with Crippen LogP contribution >= 0.6 is 0 Å². The molecular formula is C16H18N2O6. The lowest BCUT2D eigenvalue weighted by Gasteiger charge is -2.35. The highest BCUT2D eigenvalue weighted by molar-refractivity contribution is 5.28. The number of aliphatic hydroxyl groups excluding tert-OH is 2. The molecule has 0 amide bonds. The molecule has 3 N–H and O–H groups in total. The smallest absolute Gasteiger partial charge is 0.331 e. The minimum Gasteiger partial charge on any atom is -0.394 e. The van der Waals surface area contributed by atoms with E-state index >= 15 is 0 Å². The summed E-state index contributed by atoms with van der Waals surface area (Å²) in [6.07, 6.45) is -1.80. The highest BCUT2D eigenvalue weighted by Gasteiger charge is 2.58. The van der Waals surface area contributed by atoms with Crippen molar-refractivity contribution in [2.45, 2.75) is 24.0 Å². The molecule has 0 bridgehead atoms. The van der Waals surface area contributed by atoms with Crippen LogP contribution in [0.4, 0.5) is 0 Å². The number of nitrogens with one attached hydrogen (secondary N) is 1. The maximum atomic E-state index is 12.4. The van der Waals surface area contributed by atoms with Crippen LogP contribution in [0.15, 0.2) is 52.2 Å². The number of ether oxygens (including phenoxy) is 2. The van der Waals surface area contributed by atoms with Crippen molar-refractivity contribution in [3.05, 3.63) is 69.0 Å². The molecule has 1 fully saturated rings. The van der Waals surface area contributed by atoms with Crippen molar-refractivity contribution in [1.82, 2.24) is 9.55 Å². The standard InChI is InChI=1S/C16H18N2O6/c1-23-14-13(21)11(9-19)24-16(14,10-5-3-2-4-6-10)18-8-7-12(20)17-15(18)22/h2-8,11,13-14,19,21H,9H2,1H3,(H,17,20,22)/t11-,13-,14-,16-/m1/s1. The number of aliphatic hydroxyl groups is 2. The van der Waals surface area contributed by atoms with Crippen LogP contribution in [0, 0.1) is 0 Å². The van der Waals surface area contributed by atoms with E-state index in [0.717, 1.165) is 4.57 Å². The summed E-state index contributed by atoms with van der Waals surface area (Å²) in [5.74, 6) is 0. The van der Waals surface area contributed by atoms with Gasteiger partial charge >= 0.3 is 5.69 Å². The lowest BCUT2D eigenvalue weighted by atomic mass is 9.94. The Morgan fingerprint density at radius 2 is 2.00 bits per heavy atom. The number of methoxy groups -OCH3 is 1. The SMILES string of the molecule is CO[C@@H]1[C@H](O)[C@@H](CO)O[C@@]1(c1ccccc1)n1ccc(=O)[nH]c1=O. The zero-order valence-corrected chi connectivity index (χ0v) is 13.0. The third-order valence-electron chi connectivity index (χ3n) is 4.21. The van der Waals surface area contributed by atoms with Crippen LogP contribution in [0.5, 0.6) is 0 Å². The van der Waals surface area contributed by atoms with E-state index in [4.69, 9.17) is 9.47 Å². The van der Waals surface area contributed by atoms with E-state index in [-0.39, 0.29) is 0 Å². The fourth-order valence-electron chi connectivity index (χ4n) is 3.16. The van der Waals surface area contributed by atoms with Crippen LogP contribution in [-0.4, -0.2) is 51.8 Å². The zero-order valence-electron chi connectivity index (χ0n) is 13.0. The molecule has 1 aliphatic heterocycles. The quantitative estimate of drug-likeness (QED) is 0.661. The molecule has 0 unspecified atom stereocenters. The van der Waals surface area contributed by atoms with Crippen LogP contribution in [0.2, 0.25) is 0 Å². The van der Waals surface area contributed by atoms with Crippen molar-refractivity contribution in [2.75, 3.05) is 13.7 Å².